The van der Waals surface area contributed by atoms with Gasteiger partial charge in [-0.05, 0) is 31.2 Å². The minimum atomic E-state index is -0.519. The predicted molar refractivity (Wildman–Crippen MR) is 79.3 cm³/mol. The third-order valence-electron chi connectivity index (χ3n) is 3.17. The fourth-order valence-electron chi connectivity index (χ4n) is 2.15. The zero-order valence-electron chi connectivity index (χ0n) is 11.4. The van der Waals surface area contributed by atoms with Gasteiger partial charge in [-0.3, -0.25) is 14.9 Å². The number of nitrogens with zero attached hydrogens (tertiary/aromatic N) is 4. The lowest BCUT2D eigenvalue weighted by molar-refractivity contribution is -0.384. The molecule has 8 heteroatoms. The fourth-order valence-corrected chi connectivity index (χ4v) is 2.29. The minimum Gasteiger partial charge on any atom is -0.287 e. The van der Waals surface area contributed by atoms with Crippen LogP contribution in [0.25, 0.3) is 5.65 Å². The number of carbonyl (C=O) groups is 1. The molecule has 0 saturated carbocycles. The third-order valence-corrected chi connectivity index (χ3v) is 3.38. The number of nitro benzene ring substituents is 1. The Kier molecular flexibility index (Phi) is 3.34. The van der Waals surface area contributed by atoms with Gasteiger partial charge in [0.15, 0.2) is 5.65 Å². The molecule has 0 aliphatic heterocycles. The summed E-state index contributed by atoms with van der Waals surface area (Å²) in [5.41, 5.74) is 1.54. The van der Waals surface area contributed by atoms with E-state index in [-0.39, 0.29) is 22.3 Å². The number of hydrogen-bond acceptors (Lipinski definition) is 5. The maximum absolute atomic E-state index is 12.6. The standard InChI is InChI=1S/C14H9ClN4O3/c1-8-13(18-12(16-8)7-6-11(15)17-18)14(20)9-2-4-10(5-3-9)19(21)22/h2-7H,1H3. The number of rotatable bonds is 3. The molecule has 2 aromatic heterocycles. The lowest BCUT2D eigenvalue weighted by Gasteiger charge is -2.02. The molecule has 2 heterocycles. The molecule has 0 unspecified atom stereocenters. The van der Waals surface area contributed by atoms with E-state index in [9.17, 15) is 14.9 Å². The van der Waals surface area contributed by atoms with Gasteiger partial charge in [-0.1, -0.05) is 11.6 Å². The second-order valence-corrected chi connectivity index (χ2v) is 4.99. The Morgan fingerprint density at radius 3 is 2.55 bits per heavy atom. The number of carbonyl (C=O) groups excluding carboxylic acids is 1. The Bertz CT molecular complexity index is 902. The van der Waals surface area contributed by atoms with Crippen molar-refractivity contribution < 1.29 is 9.72 Å². The predicted octanol–water partition coefficient (Wildman–Crippen LogP) is 2.83. The van der Waals surface area contributed by atoms with Gasteiger partial charge in [-0.25, -0.2) is 9.50 Å². The van der Waals surface area contributed by atoms with Crippen LogP contribution in [0.1, 0.15) is 21.7 Å². The summed E-state index contributed by atoms with van der Waals surface area (Å²) in [5.74, 6) is -0.324. The molecule has 0 aliphatic rings. The molecule has 0 atom stereocenters. The van der Waals surface area contributed by atoms with E-state index in [0.29, 0.717) is 16.9 Å². The van der Waals surface area contributed by atoms with Crippen molar-refractivity contribution in [3.05, 3.63) is 68.6 Å². The first-order valence-electron chi connectivity index (χ1n) is 6.28. The normalized spacial score (nSPS) is 10.8. The lowest BCUT2D eigenvalue weighted by Crippen LogP contribution is -2.09. The maximum atomic E-state index is 12.6. The summed E-state index contributed by atoms with van der Waals surface area (Å²) in [4.78, 5) is 27.0. The highest BCUT2D eigenvalue weighted by Gasteiger charge is 2.20. The second kappa shape index (κ2) is 5.19. The quantitative estimate of drug-likeness (QED) is 0.421. The molecular formula is C14H9ClN4O3. The number of non-ortho nitro benzene ring substituents is 1. The van der Waals surface area contributed by atoms with Gasteiger partial charge in [0.1, 0.15) is 10.8 Å². The second-order valence-electron chi connectivity index (χ2n) is 4.60. The summed E-state index contributed by atoms with van der Waals surface area (Å²) >= 11 is 5.86. The molecule has 22 heavy (non-hydrogen) atoms. The summed E-state index contributed by atoms with van der Waals surface area (Å²) < 4.78 is 1.38. The molecular weight excluding hydrogens is 308 g/mol. The van der Waals surface area contributed by atoms with Gasteiger partial charge >= 0.3 is 0 Å². The van der Waals surface area contributed by atoms with Crippen LogP contribution in [-0.2, 0) is 0 Å². The topological polar surface area (TPSA) is 90.4 Å². The number of ketones is 1. The minimum absolute atomic E-state index is 0.0763. The molecule has 0 amide bonds. The van der Waals surface area contributed by atoms with Gasteiger partial charge in [0.2, 0.25) is 5.78 Å². The molecule has 0 aliphatic carbocycles. The van der Waals surface area contributed by atoms with Gasteiger partial charge < -0.3 is 0 Å². The SMILES string of the molecule is Cc1nc2ccc(Cl)nn2c1C(=O)c1ccc([N+](=O)[O-])cc1. The van der Waals surface area contributed by atoms with Crippen LogP contribution >= 0.6 is 11.6 Å². The largest absolute Gasteiger partial charge is 0.287 e. The van der Waals surface area contributed by atoms with Gasteiger partial charge in [0.05, 0.1) is 10.6 Å². The number of imidazole rings is 1. The van der Waals surface area contributed by atoms with Gasteiger partial charge in [-0.2, -0.15) is 5.10 Å². The van der Waals surface area contributed by atoms with Crippen LogP contribution in [0.4, 0.5) is 5.69 Å². The van der Waals surface area contributed by atoms with Crippen LogP contribution in [0.3, 0.4) is 0 Å². The molecule has 110 valence electrons. The van der Waals surface area contributed by atoms with E-state index in [1.807, 2.05) is 0 Å². The highest BCUT2D eigenvalue weighted by molar-refractivity contribution is 6.29. The summed E-state index contributed by atoms with van der Waals surface area (Å²) in [7, 11) is 0. The van der Waals surface area contributed by atoms with Crippen molar-refractivity contribution in [3.8, 4) is 0 Å². The molecule has 0 N–H and O–H groups in total. The first-order chi connectivity index (χ1) is 10.5. The zero-order valence-corrected chi connectivity index (χ0v) is 12.1. The van der Waals surface area contributed by atoms with E-state index in [0.717, 1.165) is 0 Å². The summed E-state index contributed by atoms with van der Waals surface area (Å²) in [6.07, 6.45) is 0. The zero-order chi connectivity index (χ0) is 15.9. The fraction of sp³-hybridized carbons (Fsp3) is 0.0714. The van der Waals surface area contributed by atoms with Crippen LogP contribution in [-0.4, -0.2) is 25.3 Å². The van der Waals surface area contributed by atoms with Crippen molar-refractivity contribution >= 4 is 28.7 Å². The van der Waals surface area contributed by atoms with Crippen LogP contribution in [0, 0.1) is 17.0 Å². The first kappa shape index (κ1) is 14.2. The molecule has 0 bridgehead atoms. The molecule has 3 rings (SSSR count). The number of benzene rings is 1. The van der Waals surface area contributed by atoms with Crippen LogP contribution in [0.15, 0.2) is 36.4 Å². The number of nitro groups is 1. The van der Waals surface area contributed by atoms with Gasteiger partial charge in [0, 0.05) is 17.7 Å². The van der Waals surface area contributed by atoms with Crippen molar-refractivity contribution in [2.45, 2.75) is 6.92 Å². The Labute approximate surface area is 129 Å². The highest BCUT2D eigenvalue weighted by atomic mass is 35.5. The van der Waals surface area contributed by atoms with Crippen molar-refractivity contribution in [1.82, 2.24) is 14.6 Å². The molecule has 3 aromatic rings. The average molecular weight is 317 g/mol. The summed E-state index contributed by atoms with van der Waals surface area (Å²) in [5, 5.41) is 15.0. The average Bonchev–Trinajstić information content (AvgIpc) is 2.82. The van der Waals surface area contributed by atoms with E-state index in [2.05, 4.69) is 10.1 Å². The Morgan fingerprint density at radius 1 is 1.23 bits per heavy atom. The van der Waals surface area contributed by atoms with Crippen LogP contribution in [0.2, 0.25) is 5.15 Å². The Balaban J connectivity index is 2.10. The van der Waals surface area contributed by atoms with E-state index < -0.39 is 4.92 Å². The molecule has 0 saturated heterocycles. The molecule has 0 radical (unpaired) electrons. The smallest absolute Gasteiger partial charge is 0.269 e. The van der Waals surface area contributed by atoms with Crippen molar-refractivity contribution in [3.63, 3.8) is 0 Å². The van der Waals surface area contributed by atoms with Crippen molar-refractivity contribution in [2.75, 3.05) is 0 Å². The third kappa shape index (κ3) is 2.31. The number of halogens is 1. The lowest BCUT2D eigenvalue weighted by atomic mass is 10.1. The Hall–Kier alpha value is -2.80. The van der Waals surface area contributed by atoms with Crippen LogP contribution in [0.5, 0.6) is 0 Å². The van der Waals surface area contributed by atoms with Crippen molar-refractivity contribution in [2.24, 2.45) is 0 Å². The number of aryl methyl sites for hydroxylation is 1. The number of hydrogen-bond donors (Lipinski definition) is 0. The molecule has 1 aromatic carbocycles. The summed E-state index contributed by atoms with van der Waals surface area (Å²) in [6.45, 7) is 1.70. The number of aromatic nitrogens is 3. The van der Waals surface area contributed by atoms with Crippen LogP contribution < -0.4 is 0 Å². The van der Waals surface area contributed by atoms with E-state index in [4.69, 9.17) is 11.6 Å². The van der Waals surface area contributed by atoms with E-state index in [1.165, 1.54) is 28.8 Å². The van der Waals surface area contributed by atoms with Gasteiger partial charge in [0.25, 0.3) is 5.69 Å². The van der Waals surface area contributed by atoms with E-state index in [1.54, 1.807) is 19.1 Å². The maximum Gasteiger partial charge on any atom is 0.269 e. The van der Waals surface area contributed by atoms with Crippen molar-refractivity contribution in [1.29, 1.82) is 0 Å². The van der Waals surface area contributed by atoms with Gasteiger partial charge in [-0.15, -0.1) is 0 Å². The highest BCUT2D eigenvalue weighted by Crippen LogP contribution is 2.19. The molecule has 0 fully saturated rings. The van der Waals surface area contributed by atoms with E-state index >= 15 is 0 Å². The first-order valence-corrected chi connectivity index (χ1v) is 6.66. The molecule has 7 nitrogen and oxygen atoms in total. The Morgan fingerprint density at radius 2 is 1.91 bits per heavy atom. The summed E-state index contributed by atoms with van der Waals surface area (Å²) in [6, 6.07) is 8.63. The monoisotopic (exact) mass is 316 g/mol. The number of fused-ring (bicyclic) bond motifs is 1. The molecule has 0 spiro atoms.